The first-order valence-corrected chi connectivity index (χ1v) is 17.4. The minimum absolute atomic E-state index is 0.379. The normalized spacial score (nSPS) is 14.5. The van der Waals surface area contributed by atoms with Crippen molar-refractivity contribution in [3.63, 3.8) is 0 Å². The van der Waals surface area contributed by atoms with E-state index < -0.39 is 0 Å². The van der Waals surface area contributed by atoms with Gasteiger partial charge in [0.25, 0.3) is 0 Å². The second-order valence-corrected chi connectivity index (χ2v) is 15.4. The van der Waals surface area contributed by atoms with Crippen molar-refractivity contribution in [3.05, 3.63) is 115 Å². The van der Waals surface area contributed by atoms with Gasteiger partial charge in [0, 0.05) is 46.2 Å². The molecular weight excluding hydrogens is 656 g/mol. The van der Waals surface area contributed by atoms with Crippen LogP contribution in [0.1, 0.15) is 88.8 Å². The fourth-order valence-electron chi connectivity index (χ4n) is 7.81. The topological polar surface area (TPSA) is 6.48 Å². The number of rotatable bonds is 8. The molecule has 0 fully saturated rings. The lowest BCUT2D eigenvalue weighted by atomic mass is 9.70. The van der Waals surface area contributed by atoms with Crippen LogP contribution in [-0.4, -0.2) is 34.0 Å². The Bertz CT molecular complexity index is 1540. The Morgan fingerprint density at radius 1 is 0.465 bits per heavy atom. The fraction of sp³-hybridized carbons (Fsp3) is 0.385. The number of nitrogens with zero attached hydrogens (tertiary/aromatic N) is 2. The predicted molar refractivity (Wildman–Crippen MR) is 190 cm³/mol. The molecule has 4 aromatic rings. The number of fused-ring (bicyclic) bond motifs is 10. The summed E-state index contributed by atoms with van der Waals surface area (Å²) >= 11 is 7.74. The standard InChI is InChI=1S/C39H44Br2N2/c1-23(2)42(24(3)4)21-27-9-13-31-32-14-10-28(22-43(25(5)6)26(7)8)18-36(32)39(35(31)17-27)37-19-29(40)11-15-33(37)34-16-12-30(41)20-38(34)39/h9-20,23-26H,21-22H2,1-8H3. The van der Waals surface area contributed by atoms with E-state index in [4.69, 9.17) is 0 Å². The molecule has 0 amide bonds. The van der Waals surface area contributed by atoms with Gasteiger partial charge in [-0.05, 0) is 135 Å². The van der Waals surface area contributed by atoms with Crippen molar-refractivity contribution in [2.24, 2.45) is 0 Å². The molecule has 0 saturated heterocycles. The van der Waals surface area contributed by atoms with E-state index in [-0.39, 0.29) is 5.41 Å². The summed E-state index contributed by atoms with van der Waals surface area (Å²) in [5.74, 6) is 0. The molecule has 43 heavy (non-hydrogen) atoms. The molecule has 6 rings (SSSR count). The summed E-state index contributed by atoms with van der Waals surface area (Å²) < 4.78 is 2.24. The predicted octanol–water partition coefficient (Wildman–Crippen LogP) is 10.8. The molecule has 0 aliphatic heterocycles. The van der Waals surface area contributed by atoms with Crippen LogP contribution in [0.3, 0.4) is 0 Å². The average molecular weight is 701 g/mol. The van der Waals surface area contributed by atoms with Crippen molar-refractivity contribution in [2.75, 3.05) is 0 Å². The number of hydrogen-bond donors (Lipinski definition) is 0. The summed E-state index contributed by atoms with van der Waals surface area (Å²) in [5, 5.41) is 0. The monoisotopic (exact) mass is 698 g/mol. The molecular formula is C39H44Br2N2. The van der Waals surface area contributed by atoms with Gasteiger partial charge in [0.15, 0.2) is 0 Å². The van der Waals surface area contributed by atoms with Crippen molar-refractivity contribution in [2.45, 2.75) is 98.1 Å². The fourth-order valence-corrected chi connectivity index (χ4v) is 8.53. The maximum Gasteiger partial charge on any atom is 0.0726 e. The Morgan fingerprint density at radius 3 is 1.09 bits per heavy atom. The van der Waals surface area contributed by atoms with E-state index >= 15 is 0 Å². The van der Waals surface area contributed by atoms with Gasteiger partial charge >= 0.3 is 0 Å². The minimum atomic E-state index is -0.379. The highest BCUT2D eigenvalue weighted by Crippen LogP contribution is 2.63. The SMILES string of the molecule is CC(C)N(Cc1ccc2c(c1)C1(c3cc(Br)ccc3-c3ccc(Br)cc31)c1cc(CN(C(C)C)C(C)C)ccc1-2)C(C)C. The van der Waals surface area contributed by atoms with Crippen molar-refractivity contribution in [3.8, 4) is 22.3 Å². The van der Waals surface area contributed by atoms with Crippen LogP contribution in [0, 0.1) is 0 Å². The maximum atomic E-state index is 3.87. The van der Waals surface area contributed by atoms with Gasteiger partial charge in [0.05, 0.1) is 5.41 Å². The smallest absolute Gasteiger partial charge is 0.0726 e. The Labute approximate surface area is 275 Å². The van der Waals surface area contributed by atoms with E-state index in [0.29, 0.717) is 24.2 Å². The third-order valence-corrected chi connectivity index (χ3v) is 10.7. The van der Waals surface area contributed by atoms with Gasteiger partial charge in [-0.15, -0.1) is 0 Å². The highest BCUT2D eigenvalue weighted by Gasteiger charge is 2.52. The first-order chi connectivity index (χ1) is 20.4. The Morgan fingerprint density at radius 2 is 0.767 bits per heavy atom. The minimum Gasteiger partial charge on any atom is -0.294 e. The van der Waals surface area contributed by atoms with Gasteiger partial charge in [-0.3, -0.25) is 9.80 Å². The van der Waals surface area contributed by atoms with Gasteiger partial charge in [-0.2, -0.15) is 0 Å². The molecule has 2 aliphatic carbocycles. The van der Waals surface area contributed by atoms with E-state index in [0.717, 1.165) is 22.0 Å². The molecule has 0 bridgehead atoms. The average Bonchev–Trinajstić information content (AvgIpc) is 3.39. The zero-order valence-corrected chi connectivity index (χ0v) is 30.0. The highest BCUT2D eigenvalue weighted by molar-refractivity contribution is 9.10. The van der Waals surface area contributed by atoms with Crippen LogP contribution in [0.15, 0.2) is 81.7 Å². The summed E-state index contributed by atoms with van der Waals surface area (Å²) in [5.41, 5.74) is 13.3. The van der Waals surface area contributed by atoms with Crippen LogP contribution < -0.4 is 0 Å². The molecule has 2 aliphatic rings. The van der Waals surface area contributed by atoms with E-state index in [1.807, 2.05) is 0 Å². The highest BCUT2D eigenvalue weighted by atomic mass is 79.9. The number of halogens is 2. The molecule has 1 spiro atoms. The van der Waals surface area contributed by atoms with E-state index in [2.05, 4.69) is 170 Å². The molecule has 224 valence electrons. The largest absolute Gasteiger partial charge is 0.294 e. The van der Waals surface area contributed by atoms with Crippen LogP contribution in [-0.2, 0) is 18.5 Å². The first kappa shape index (κ1) is 30.8. The first-order valence-electron chi connectivity index (χ1n) is 15.8. The zero-order valence-electron chi connectivity index (χ0n) is 26.8. The van der Waals surface area contributed by atoms with E-state index in [1.54, 1.807) is 0 Å². The summed E-state index contributed by atoms with van der Waals surface area (Å²) in [6, 6.07) is 30.3. The van der Waals surface area contributed by atoms with Gasteiger partial charge in [-0.1, -0.05) is 80.4 Å². The lowest BCUT2D eigenvalue weighted by Crippen LogP contribution is -2.36. The van der Waals surface area contributed by atoms with E-state index in [1.165, 1.54) is 55.6 Å². The third-order valence-electron chi connectivity index (χ3n) is 9.71. The van der Waals surface area contributed by atoms with Gasteiger partial charge in [-0.25, -0.2) is 0 Å². The summed E-state index contributed by atoms with van der Waals surface area (Å²) in [6.45, 7) is 20.3. The van der Waals surface area contributed by atoms with Crippen LogP contribution in [0.2, 0.25) is 0 Å². The van der Waals surface area contributed by atoms with Crippen LogP contribution in [0.5, 0.6) is 0 Å². The van der Waals surface area contributed by atoms with E-state index in [9.17, 15) is 0 Å². The summed E-state index contributed by atoms with van der Waals surface area (Å²) in [7, 11) is 0. The molecule has 0 radical (unpaired) electrons. The van der Waals surface area contributed by atoms with Crippen LogP contribution in [0.4, 0.5) is 0 Å². The van der Waals surface area contributed by atoms with Gasteiger partial charge in [0.2, 0.25) is 0 Å². The second-order valence-electron chi connectivity index (χ2n) is 13.6. The van der Waals surface area contributed by atoms with Gasteiger partial charge < -0.3 is 0 Å². The molecule has 2 nitrogen and oxygen atoms in total. The van der Waals surface area contributed by atoms with Crippen molar-refractivity contribution < 1.29 is 0 Å². The number of benzene rings is 4. The molecule has 4 aromatic carbocycles. The lowest BCUT2D eigenvalue weighted by Gasteiger charge is -2.33. The molecule has 4 heteroatoms. The quantitative estimate of drug-likeness (QED) is 0.156. The lowest BCUT2D eigenvalue weighted by molar-refractivity contribution is 0.166. The molecule has 0 saturated carbocycles. The third kappa shape index (κ3) is 5.07. The Hall–Kier alpha value is -2.24. The van der Waals surface area contributed by atoms with Crippen molar-refractivity contribution in [1.82, 2.24) is 9.80 Å². The molecule has 0 atom stereocenters. The summed E-state index contributed by atoms with van der Waals surface area (Å²) in [6.07, 6.45) is 0. The van der Waals surface area contributed by atoms with Crippen LogP contribution in [0.25, 0.3) is 22.3 Å². The van der Waals surface area contributed by atoms with Crippen molar-refractivity contribution >= 4 is 31.9 Å². The number of hydrogen-bond acceptors (Lipinski definition) is 2. The summed E-state index contributed by atoms with van der Waals surface area (Å²) in [4.78, 5) is 5.18. The molecule has 0 aromatic heterocycles. The molecule has 0 unspecified atom stereocenters. The maximum absolute atomic E-state index is 3.87. The Kier molecular flexibility index (Phi) is 8.30. The second kappa shape index (κ2) is 11.6. The van der Waals surface area contributed by atoms with Crippen LogP contribution >= 0.6 is 31.9 Å². The molecule has 0 heterocycles. The zero-order chi connectivity index (χ0) is 30.8. The van der Waals surface area contributed by atoms with Gasteiger partial charge in [0.1, 0.15) is 0 Å². The molecule has 0 N–H and O–H groups in total. The van der Waals surface area contributed by atoms with Crippen molar-refractivity contribution in [1.29, 1.82) is 0 Å². The Balaban J connectivity index is 1.64.